The molecule has 0 radical (unpaired) electrons. The van der Waals surface area contributed by atoms with Crippen LogP contribution in [0, 0.1) is 10.8 Å². The molecule has 0 fully saturated rings. The highest BCUT2D eigenvalue weighted by Crippen LogP contribution is 2.48. The van der Waals surface area contributed by atoms with E-state index in [9.17, 15) is 19.8 Å². The lowest BCUT2D eigenvalue weighted by atomic mass is 9.68. The second-order valence-corrected chi connectivity index (χ2v) is 11.1. The number of hydrogen-bond acceptors (Lipinski definition) is 4. The summed E-state index contributed by atoms with van der Waals surface area (Å²) in [4.78, 5) is 25.8. The molecule has 4 heteroatoms. The van der Waals surface area contributed by atoms with E-state index in [0.29, 0.717) is 22.3 Å². The molecule has 0 aliphatic heterocycles. The van der Waals surface area contributed by atoms with Crippen LogP contribution in [0.4, 0.5) is 0 Å². The van der Waals surface area contributed by atoms with Crippen molar-refractivity contribution in [3.05, 3.63) is 46.6 Å². The van der Waals surface area contributed by atoms with Crippen molar-refractivity contribution in [2.45, 2.75) is 73.6 Å². The Morgan fingerprint density at radius 1 is 0.724 bits per heavy atom. The summed E-state index contributed by atoms with van der Waals surface area (Å²) in [5.74, 6) is -0.874. The second kappa shape index (κ2) is 7.16. The minimum atomic E-state index is -0.545. The van der Waals surface area contributed by atoms with E-state index in [0.717, 1.165) is 0 Å². The molecule has 0 unspecified atom stereocenters. The smallest absolute Gasteiger partial charge is 0.183 e. The van der Waals surface area contributed by atoms with Gasteiger partial charge in [0.2, 0.25) is 0 Å². The van der Waals surface area contributed by atoms with Crippen LogP contribution in [-0.2, 0) is 15.0 Å². The lowest BCUT2D eigenvalue weighted by Crippen LogP contribution is -2.29. The van der Waals surface area contributed by atoms with Crippen LogP contribution in [0.1, 0.15) is 79.4 Å². The highest BCUT2D eigenvalue weighted by Gasteiger charge is 2.39. The van der Waals surface area contributed by atoms with Crippen LogP contribution in [-0.4, -0.2) is 21.8 Å². The monoisotopic (exact) mass is 398 g/mol. The number of ketones is 2. The molecule has 0 saturated heterocycles. The molecule has 0 spiro atoms. The van der Waals surface area contributed by atoms with E-state index in [2.05, 4.69) is 0 Å². The Morgan fingerprint density at radius 3 is 1.72 bits per heavy atom. The molecule has 2 N–H and O–H groups in total. The number of carbonyl (C=O) groups is 2. The van der Waals surface area contributed by atoms with Gasteiger partial charge < -0.3 is 10.2 Å². The number of carbonyl (C=O) groups excluding carboxylic acids is 2. The Hall–Kier alpha value is -2.36. The van der Waals surface area contributed by atoms with Gasteiger partial charge in [0.15, 0.2) is 11.6 Å². The molecule has 4 nitrogen and oxygen atoms in total. The highest BCUT2D eigenvalue weighted by atomic mass is 16.3. The maximum absolute atomic E-state index is 13.0. The van der Waals surface area contributed by atoms with Crippen LogP contribution in [0.25, 0.3) is 0 Å². The van der Waals surface area contributed by atoms with E-state index >= 15 is 0 Å². The summed E-state index contributed by atoms with van der Waals surface area (Å²) in [6.45, 7) is 17.4. The Labute approximate surface area is 174 Å². The predicted molar refractivity (Wildman–Crippen MR) is 116 cm³/mol. The number of rotatable bonds is 2. The van der Waals surface area contributed by atoms with Crippen molar-refractivity contribution in [2.75, 3.05) is 0 Å². The SMILES string of the molecule is CC(C)(C)C1=CC(=O)C([C@H](c2cc(O)c(C(C)(C)C)cc2O)C(C)(C)C)=CC1=O. The van der Waals surface area contributed by atoms with Crippen molar-refractivity contribution in [3.63, 3.8) is 0 Å². The quantitative estimate of drug-likeness (QED) is 0.504. The van der Waals surface area contributed by atoms with Gasteiger partial charge in [-0.1, -0.05) is 62.3 Å². The van der Waals surface area contributed by atoms with Gasteiger partial charge in [-0.25, -0.2) is 0 Å². The fraction of sp³-hybridized carbons (Fsp3) is 0.520. The summed E-state index contributed by atoms with van der Waals surface area (Å²) in [6.07, 6.45) is 2.84. The molecule has 1 aromatic carbocycles. The second-order valence-electron chi connectivity index (χ2n) is 11.1. The van der Waals surface area contributed by atoms with Crippen molar-refractivity contribution in [3.8, 4) is 11.5 Å². The molecule has 0 heterocycles. The van der Waals surface area contributed by atoms with E-state index < -0.39 is 16.7 Å². The van der Waals surface area contributed by atoms with Crippen molar-refractivity contribution in [2.24, 2.45) is 10.8 Å². The summed E-state index contributed by atoms with van der Waals surface area (Å²) in [7, 11) is 0. The molecule has 1 aromatic rings. The summed E-state index contributed by atoms with van der Waals surface area (Å²) in [5.41, 5.74) is 0.646. The predicted octanol–water partition coefficient (Wildman–Crippen LogP) is 5.58. The summed E-state index contributed by atoms with van der Waals surface area (Å²) < 4.78 is 0. The third-order valence-corrected chi connectivity index (χ3v) is 5.36. The Balaban J connectivity index is 2.66. The van der Waals surface area contributed by atoms with E-state index in [1.165, 1.54) is 18.2 Å². The topological polar surface area (TPSA) is 74.6 Å². The first-order chi connectivity index (χ1) is 12.9. The van der Waals surface area contributed by atoms with Gasteiger partial charge in [0, 0.05) is 28.2 Å². The van der Waals surface area contributed by atoms with Crippen LogP contribution in [0.2, 0.25) is 0 Å². The third-order valence-electron chi connectivity index (χ3n) is 5.36. The van der Waals surface area contributed by atoms with E-state index in [4.69, 9.17) is 0 Å². The highest BCUT2D eigenvalue weighted by molar-refractivity contribution is 6.21. The van der Waals surface area contributed by atoms with E-state index in [1.807, 2.05) is 62.3 Å². The van der Waals surface area contributed by atoms with Crippen molar-refractivity contribution in [1.82, 2.24) is 0 Å². The molecule has 2 rings (SSSR count). The molecule has 0 bridgehead atoms. The Kier molecular flexibility index (Phi) is 5.66. The molecular formula is C25H34O4. The number of allylic oxidation sites excluding steroid dienone is 4. The molecule has 1 aliphatic rings. The van der Waals surface area contributed by atoms with Crippen molar-refractivity contribution < 1.29 is 19.8 Å². The van der Waals surface area contributed by atoms with Gasteiger partial charge in [0.05, 0.1) is 0 Å². The van der Waals surface area contributed by atoms with Crippen molar-refractivity contribution >= 4 is 11.6 Å². The average molecular weight is 399 g/mol. The normalized spacial score (nSPS) is 17.1. The van der Waals surface area contributed by atoms with Gasteiger partial charge in [0.25, 0.3) is 0 Å². The van der Waals surface area contributed by atoms with Gasteiger partial charge in [-0.2, -0.15) is 0 Å². The number of phenolic OH excluding ortho intramolecular Hbond substituents is 2. The van der Waals surface area contributed by atoms with E-state index in [1.54, 1.807) is 6.07 Å². The molecule has 0 saturated carbocycles. The van der Waals surface area contributed by atoms with Crippen LogP contribution in [0.3, 0.4) is 0 Å². The molecule has 1 aliphatic carbocycles. The molecule has 29 heavy (non-hydrogen) atoms. The summed E-state index contributed by atoms with van der Waals surface area (Å²) in [5, 5.41) is 21.5. The minimum absolute atomic E-state index is 0.0133. The molecule has 158 valence electrons. The first-order valence-electron chi connectivity index (χ1n) is 10.0. The number of hydrogen-bond donors (Lipinski definition) is 2. The Morgan fingerprint density at radius 2 is 1.28 bits per heavy atom. The third kappa shape index (κ3) is 4.63. The van der Waals surface area contributed by atoms with Gasteiger partial charge in [-0.3, -0.25) is 9.59 Å². The zero-order valence-corrected chi connectivity index (χ0v) is 19.1. The lowest BCUT2D eigenvalue weighted by Gasteiger charge is -2.35. The largest absolute Gasteiger partial charge is 0.508 e. The fourth-order valence-corrected chi connectivity index (χ4v) is 3.91. The standard InChI is InChI=1S/C25H34O4/c1-23(2,3)16-12-18(26)14(10-20(16)28)22(25(7,8)9)15-11-21(29)17(13-19(15)27)24(4,5)6/h10-13,22,26,28H,1-9H3/t22-/m0/s1. The number of aromatic hydroxyl groups is 2. The van der Waals surface area contributed by atoms with Gasteiger partial charge in [-0.15, -0.1) is 0 Å². The average Bonchev–Trinajstić information content (AvgIpc) is 2.50. The Bertz CT molecular complexity index is 910. The van der Waals surface area contributed by atoms with Crippen molar-refractivity contribution in [1.29, 1.82) is 0 Å². The van der Waals surface area contributed by atoms with Crippen LogP contribution >= 0.6 is 0 Å². The first-order valence-corrected chi connectivity index (χ1v) is 10.0. The maximum Gasteiger partial charge on any atom is 0.183 e. The minimum Gasteiger partial charge on any atom is -0.508 e. The lowest BCUT2D eigenvalue weighted by molar-refractivity contribution is -0.116. The van der Waals surface area contributed by atoms with Gasteiger partial charge >= 0.3 is 0 Å². The van der Waals surface area contributed by atoms with Gasteiger partial charge in [-0.05, 0) is 40.5 Å². The van der Waals surface area contributed by atoms with Gasteiger partial charge in [0.1, 0.15) is 11.5 Å². The number of benzene rings is 1. The zero-order valence-electron chi connectivity index (χ0n) is 19.1. The number of phenols is 2. The first kappa shape index (κ1) is 22.9. The van der Waals surface area contributed by atoms with Crippen LogP contribution in [0.15, 0.2) is 35.4 Å². The van der Waals surface area contributed by atoms with Crippen LogP contribution in [0.5, 0.6) is 11.5 Å². The summed E-state index contributed by atoms with van der Waals surface area (Å²) >= 11 is 0. The summed E-state index contributed by atoms with van der Waals surface area (Å²) in [6, 6.07) is 3.10. The van der Waals surface area contributed by atoms with Crippen LogP contribution < -0.4 is 0 Å². The zero-order chi connectivity index (χ0) is 22.5. The maximum atomic E-state index is 13.0. The molecule has 1 atom stereocenters. The molecular weight excluding hydrogens is 364 g/mol. The van der Waals surface area contributed by atoms with E-state index in [-0.39, 0.29) is 28.5 Å². The molecule has 0 amide bonds. The fourth-order valence-electron chi connectivity index (χ4n) is 3.91. The molecule has 0 aromatic heterocycles.